The molecule has 3 nitrogen and oxygen atoms in total. The fourth-order valence-corrected chi connectivity index (χ4v) is 6.73. The van der Waals surface area contributed by atoms with Gasteiger partial charge in [0, 0.05) is 6.42 Å². The second kappa shape index (κ2) is 9.71. The SMILES string of the molecule is C=C1/C(=C\C=C2/CCC[C@]3(C)[C@@H]([C@H](C)CCCC(C)C)CC[C@@H]23)C[C@@H](O)[C@@H](O)[C@@H]1O. The quantitative estimate of drug-likeness (QED) is 0.531. The van der Waals surface area contributed by atoms with Gasteiger partial charge in [-0.2, -0.15) is 0 Å². The van der Waals surface area contributed by atoms with Gasteiger partial charge in [0.15, 0.2) is 0 Å². The lowest BCUT2D eigenvalue weighted by molar-refractivity contribution is -0.0530. The summed E-state index contributed by atoms with van der Waals surface area (Å²) in [7, 11) is 0. The number of aliphatic hydroxyl groups excluding tert-OH is 3. The molecule has 3 fully saturated rings. The van der Waals surface area contributed by atoms with E-state index in [1.807, 2.05) is 0 Å². The second-order valence-corrected chi connectivity index (χ2v) is 11.1. The zero-order valence-electron chi connectivity index (χ0n) is 19.6. The Balaban J connectivity index is 1.72. The maximum atomic E-state index is 10.1. The lowest BCUT2D eigenvalue weighted by atomic mass is 9.60. The van der Waals surface area contributed by atoms with Crippen LogP contribution in [-0.2, 0) is 0 Å². The van der Waals surface area contributed by atoms with E-state index in [0.29, 0.717) is 23.3 Å². The Hall–Kier alpha value is -0.900. The fraction of sp³-hybridized carbons (Fsp3) is 0.778. The van der Waals surface area contributed by atoms with Crippen molar-refractivity contribution in [1.29, 1.82) is 0 Å². The Morgan fingerprint density at radius 3 is 2.53 bits per heavy atom. The third-order valence-corrected chi connectivity index (χ3v) is 8.58. The van der Waals surface area contributed by atoms with Crippen molar-refractivity contribution in [3.05, 3.63) is 35.5 Å². The number of allylic oxidation sites excluding steroid dienone is 3. The second-order valence-electron chi connectivity index (χ2n) is 11.1. The van der Waals surface area contributed by atoms with E-state index in [1.165, 1.54) is 50.5 Å². The first-order valence-electron chi connectivity index (χ1n) is 12.3. The highest BCUT2D eigenvalue weighted by atomic mass is 16.4. The molecular weight excluding hydrogens is 372 g/mol. The average Bonchev–Trinajstić information content (AvgIpc) is 3.05. The molecule has 3 N–H and O–H groups in total. The van der Waals surface area contributed by atoms with E-state index < -0.39 is 18.3 Å². The van der Waals surface area contributed by atoms with Crippen molar-refractivity contribution in [1.82, 2.24) is 0 Å². The summed E-state index contributed by atoms with van der Waals surface area (Å²) in [5.41, 5.74) is 3.36. The van der Waals surface area contributed by atoms with E-state index in [0.717, 1.165) is 29.7 Å². The summed E-state index contributed by atoms with van der Waals surface area (Å²) in [6, 6.07) is 0. The molecule has 0 heterocycles. The molecule has 0 radical (unpaired) electrons. The molecule has 0 aromatic rings. The van der Waals surface area contributed by atoms with Gasteiger partial charge >= 0.3 is 0 Å². The van der Waals surface area contributed by atoms with Crippen LogP contribution >= 0.6 is 0 Å². The van der Waals surface area contributed by atoms with Crippen LogP contribution in [0.1, 0.15) is 85.5 Å². The molecular formula is C27H44O3. The average molecular weight is 417 g/mol. The van der Waals surface area contributed by atoms with Crippen LogP contribution in [0.4, 0.5) is 0 Å². The largest absolute Gasteiger partial charge is 0.390 e. The van der Waals surface area contributed by atoms with Gasteiger partial charge in [-0.05, 0) is 72.3 Å². The maximum absolute atomic E-state index is 10.1. The zero-order chi connectivity index (χ0) is 22.1. The van der Waals surface area contributed by atoms with E-state index in [1.54, 1.807) is 0 Å². The molecule has 0 aliphatic heterocycles. The van der Waals surface area contributed by atoms with Crippen molar-refractivity contribution < 1.29 is 15.3 Å². The Morgan fingerprint density at radius 1 is 1.10 bits per heavy atom. The summed E-state index contributed by atoms with van der Waals surface area (Å²) in [5.74, 6) is 3.06. The first-order chi connectivity index (χ1) is 14.1. The van der Waals surface area contributed by atoms with E-state index >= 15 is 0 Å². The third kappa shape index (κ3) is 4.79. The van der Waals surface area contributed by atoms with E-state index in [2.05, 4.69) is 46.4 Å². The van der Waals surface area contributed by atoms with Gasteiger partial charge in [0.1, 0.15) is 12.2 Å². The first-order valence-corrected chi connectivity index (χ1v) is 12.3. The molecule has 0 unspecified atom stereocenters. The van der Waals surface area contributed by atoms with Gasteiger partial charge in [0.2, 0.25) is 0 Å². The molecule has 0 saturated heterocycles. The summed E-state index contributed by atoms with van der Waals surface area (Å²) < 4.78 is 0. The summed E-state index contributed by atoms with van der Waals surface area (Å²) in [6.45, 7) is 13.6. The molecule has 0 amide bonds. The molecule has 0 bridgehead atoms. The van der Waals surface area contributed by atoms with Crippen molar-refractivity contribution in [2.45, 2.75) is 104 Å². The van der Waals surface area contributed by atoms with E-state index in [9.17, 15) is 15.3 Å². The van der Waals surface area contributed by atoms with Crippen LogP contribution < -0.4 is 0 Å². The minimum absolute atomic E-state index is 0.359. The maximum Gasteiger partial charge on any atom is 0.110 e. The molecule has 7 atom stereocenters. The molecule has 3 aliphatic carbocycles. The van der Waals surface area contributed by atoms with Crippen molar-refractivity contribution in [2.24, 2.45) is 29.1 Å². The third-order valence-electron chi connectivity index (χ3n) is 8.58. The summed E-state index contributed by atoms with van der Waals surface area (Å²) >= 11 is 0. The Bertz CT molecular complexity index is 676. The lowest BCUT2D eigenvalue weighted by Gasteiger charge is -2.44. The number of aliphatic hydroxyl groups is 3. The first kappa shape index (κ1) is 23.8. The van der Waals surface area contributed by atoms with Gasteiger partial charge < -0.3 is 15.3 Å². The van der Waals surface area contributed by atoms with Crippen LogP contribution in [0.15, 0.2) is 35.5 Å². The smallest absolute Gasteiger partial charge is 0.110 e. The normalized spacial score (nSPS) is 40.9. The van der Waals surface area contributed by atoms with Gasteiger partial charge in [-0.3, -0.25) is 0 Å². The minimum atomic E-state index is -1.13. The molecule has 3 rings (SSSR count). The molecule has 3 heteroatoms. The van der Waals surface area contributed by atoms with Gasteiger partial charge in [-0.1, -0.05) is 71.3 Å². The van der Waals surface area contributed by atoms with Gasteiger partial charge in [0.05, 0.1) is 6.10 Å². The highest BCUT2D eigenvalue weighted by Gasteiger charge is 2.50. The predicted molar refractivity (Wildman–Crippen MR) is 124 cm³/mol. The molecule has 170 valence electrons. The monoisotopic (exact) mass is 416 g/mol. The van der Waals surface area contributed by atoms with Crippen LogP contribution in [0.25, 0.3) is 0 Å². The van der Waals surface area contributed by atoms with Crippen LogP contribution in [0, 0.1) is 29.1 Å². The highest BCUT2D eigenvalue weighted by molar-refractivity contribution is 5.40. The minimum Gasteiger partial charge on any atom is -0.390 e. The van der Waals surface area contributed by atoms with Crippen molar-refractivity contribution in [2.75, 3.05) is 0 Å². The summed E-state index contributed by atoms with van der Waals surface area (Å²) in [4.78, 5) is 0. The van der Waals surface area contributed by atoms with Crippen molar-refractivity contribution >= 4 is 0 Å². The topological polar surface area (TPSA) is 60.7 Å². The van der Waals surface area contributed by atoms with Crippen molar-refractivity contribution in [3.63, 3.8) is 0 Å². The summed E-state index contributed by atoms with van der Waals surface area (Å²) in [6.07, 6.45) is 12.0. The van der Waals surface area contributed by atoms with Gasteiger partial charge in [0.25, 0.3) is 0 Å². The molecule has 0 aromatic carbocycles. The molecule has 3 aliphatic rings. The van der Waals surface area contributed by atoms with Crippen LogP contribution in [0.3, 0.4) is 0 Å². The van der Waals surface area contributed by atoms with Crippen LogP contribution in [0.5, 0.6) is 0 Å². The van der Waals surface area contributed by atoms with Crippen LogP contribution in [-0.4, -0.2) is 33.6 Å². The van der Waals surface area contributed by atoms with Crippen LogP contribution in [0.2, 0.25) is 0 Å². The summed E-state index contributed by atoms with van der Waals surface area (Å²) in [5, 5.41) is 30.1. The van der Waals surface area contributed by atoms with Gasteiger partial charge in [-0.15, -0.1) is 0 Å². The standard InChI is InChI=1S/C27H44O3/c1-17(2)8-6-9-18(3)22-13-14-23-20(10-7-15-27(22,23)5)11-12-21-16-24(28)26(30)25(29)19(21)4/h11-12,17-18,22-26,28-30H,4,6-10,13-16H2,1-3,5H3/b20-11+,21-12-/t18-,22-,23+,24-,25-,26-,27-/m1/s1. The molecule has 0 aromatic heterocycles. The number of hydrogen-bond donors (Lipinski definition) is 3. The Kier molecular flexibility index (Phi) is 7.69. The zero-order valence-corrected chi connectivity index (χ0v) is 19.6. The number of rotatable bonds is 6. The number of fused-ring (bicyclic) bond motifs is 1. The van der Waals surface area contributed by atoms with E-state index in [4.69, 9.17) is 0 Å². The highest BCUT2D eigenvalue weighted by Crippen LogP contribution is 2.59. The Morgan fingerprint density at radius 2 is 1.83 bits per heavy atom. The van der Waals surface area contributed by atoms with E-state index in [-0.39, 0.29) is 0 Å². The lowest BCUT2D eigenvalue weighted by Crippen LogP contribution is -2.43. The number of hydrogen-bond acceptors (Lipinski definition) is 3. The predicted octanol–water partition coefficient (Wildman–Crippen LogP) is 5.56. The molecule has 30 heavy (non-hydrogen) atoms. The molecule has 0 spiro atoms. The molecule has 3 saturated carbocycles. The Labute approximate surface area is 184 Å². The van der Waals surface area contributed by atoms with Crippen molar-refractivity contribution in [3.8, 4) is 0 Å². The van der Waals surface area contributed by atoms with Gasteiger partial charge in [-0.25, -0.2) is 0 Å². The fourth-order valence-electron chi connectivity index (χ4n) is 6.73.